The van der Waals surface area contributed by atoms with E-state index in [4.69, 9.17) is 0 Å². The minimum absolute atomic E-state index is 0.0321. The first-order chi connectivity index (χ1) is 9.92. The third-order valence-electron chi connectivity index (χ3n) is 4.55. The van der Waals surface area contributed by atoms with Crippen molar-refractivity contribution in [2.75, 3.05) is 19.7 Å². The van der Waals surface area contributed by atoms with Gasteiger partial charge >= 0.3 is 12.0 Å². The summed E-state index contributed by atoms with van der Waals surface area (Å²) in [7, 11) is 0. The largest absolute Gasteiger partial charge is 0.480 e. The minimum Gasteiger partial charge on any atom is -0.480 e. The van der Waals surface area contributed by atoms with Crippen molar-refractivity contribution in [2.45, 2.75) is 64.5 Å². The van der Waals surface area contributed by atoms with Gasteiger partial charge in [-0.2, -0.15) is 0 Å². The molecule has 1 fully saturated rings. The predicted octanol–water partition coefficient (Wildman–Crippen LogP) is 1.92. The molecule has 2 amide bonds. The lowest BCUT2D eigenvalue weighted by Crippen LogP contribution is -2.62. The maximum atomic E-state index is 12.8. The number of nitrogens with zero attached hydrogens (tertiary/aromatic N) is 2. The van der Waals surface area contributed by atoms with E-state index in [9.17, 15) is 19.8 Å². The lowest BCUT2D eigenvalue weighted by Gasteiger charge is -2.45. The van der Waals surface area contributed by atoms with E-state index >= 15 is 0 Å². The summed E-state index contributed by atoms with van der Waals surface area (Å²) in [6.45, 7) is 6.22. The van der Waals surface area contributed by atoms with Crippen LogP contribution in [0.25, 0.3) is 0 Å². The first-order valence-corrected chi connectivity index (χ1v) is 7.84. The second kappa shape index (κ2) is 7.64. The standard InChI is InChI=1S/C15H28N2O4/c1-4-12(5-2)16(10-11-18)14(21)17-9-7-6-8-15(17,3)13(19)20/h12,18H,4-11H2,1-3H3,(H,19,20). The van der Waals surface area contributed by atoms with Gasteiger partial charge in [0.05, 0.1) is 6.61 Å². The molecule has 0 aromatic carbocycles. The summed E-state index contributed by atoms with van der Waals surface area (Å²) >= 11 is 0. The number of amides is 2. The Hall–Kier alpha value is -1.30. The fourth-order valence-corrected chi connectivity index (χ4v) is 3.08. The third-order valence-corrected chi connectivity index (χ3v) is 4.55. The number of carboxylic acid groups (broad SMARTS) is 1. The highest BCUT2D eigenvalue weighted by Crippen LogP contribution is 2.30. The molecule has 1 atom stereocenters. The summed E-state index contributed by atoms with van der Waals surface area (Å²) in [5.74, 6) is -0.955. The molecule has 2 N–H and O–H groups in total. The Balaban J connectivity index is 3.02. The van der Waals surface area contributed by atoms with Crippen molar-refractivity contribution in [2.24, 2.45) is 0 Å². The highest BCUT2D eigenvalue weighted by Gasteiger charge is 2.45. The van der Waals surface area contributed by atoms with Gasteiger partial charge in [0.25, 0.3) is 0 Å². The average molecular weight is 300 g/mol. The Morgan fingerprint density at radius 1 is 1.29 bits per heavy atom. The van der Waals surface area contributed by atoms with Gasteiger partial charge in [0.15, 0.2) is 0 Å². The van der Waals surface area contributed by atoms with Crippen LogP contribution in [0.5, 0.6) is 0 Å². The molecule has 0 aliphatic carbocycles. The van der Waals surface area contributed by atoms with Gasteiger partial charge in [-0.25, -0.2) is 9.59 Å². The number of hydrogen-bond donors (Lipinski definition) is 2. The van der Waals surface area contributed by atoms with Crippen LogP contribution in [0.3, 0.4) is 0 Å². The lowest BCUT2D eigenvalue weighted by atomic mass is 9.88. The molecule has 1 heterocycles. The molecule has 0 aromatic rings. The fourth-order valence-electron chi connectivity index (χ4n) is 3.08. The van der Waals surface area contributed by atoms with E-state index in [1.54, 1.807) is 11.8 Å². The number of aliphatic hydroxyl groups is 1. The van der Waals surface area contributed by atoms with Gasteiger partial charge < -0.3 is 20.0 Å². The van der Waals surface area contributed by atoms with Crippen molar-refractivity contribution in [3.63, 3.8) is 0 Å². The van der Waals surface area contributed by atoms with Crippen molar-refractivity contribution in [3.05, 3.63) is 0 Å². The molecule has 21 heavy (non-hydrogen) atoms. The maximum absolute atomic E-state index is 12.8. The summed E-state index contributed by atoms with van der Waals surface area (Å²) in [4.78, 5) is 27.6. The Kier molecular flexibility index (Phi) is 6.45. The zero-order valence-corrected chi connectivity index (χ0v) is 13.3. The van der Waals surface area contributed by atoms with Crippen LogP contribution in [0.1, 0.15) is 52.9 Å². The Morgan fingerprint density at radius 2 is 1.90 bits per heavy atom. The Morgan fingerprint density at radius 3 is 2.38 bits per heavy atom. The van der Waals surface area contributed by atoms with Crippen molar-refractivity contribution >= 4 is 12.0 Å². The van der Waals surface area contributed by atoms with E-state index in [1.807, 2.05) is 13.8 Å². The third kappa shape index (κ3) is 3.67. The number of piperidine rings is 1. The molecule has 0 radical (unpaired) electrons. The van der Waals surface area contributed by atoms with Gasteiger partial charge in [0.2, 0.25) is 0 Å². The van der Waals surface area contributed by atoms with Crippen molar-refractivity contribution in [1.29, 1.82) is 0 Å². The topological polar surface area (TPSA) is 81.1 Å². The summed E-state index contributed by atoms with van der Waals surface area (Å²) in [5, 5.41) is 18.8. The van der Waals surface area contributed by atoms with E-state index in [2.05, 4.69) is 0 Å². The summed E-state index contributed by atoms with van der Waals surface area (Å²) < 4.78 is 0. The second-order valence-electron chi connectivity index (χ2n) is 5.86. The first-order valence-electron chi connectivity index (χ1n) is 7.84. The molecular weight excluding hydrogens is 272 g/mol. The van der Waals surface area contributed by atoms with E-state index in [1.165, 1.54) is 4.90 Å². The molecule has 1 saturated heterocycles. The lowest BCUT2D eigenvalue weighted by molar-refractivity contribution is -0.151. The van der Waals surface area contributed by atoms with Crippen molar-refractivity contribution in [1.82, 2.24) is 9.80 Å². The van der Waals surface area contributed by atoms with Crippen LogP contribution >= 0.6 is 0 Å². The zero-order valence-electron chi connectivity index (χ0n) is 13.3. The monoisotopic (exact) mass is 300 g/mol. The van der Waals surface area contributed by atoms with Crippen LogP contribution in [0.4, 0.5) is 4.79 Å². The molecule has 0 aromatic heterocycles. The Bertz CT molecular complexity index is 371. The SMILES string of the molecule is CCC(CC)N(CCO)C(=O)N1CCCCC1(C)C(=O)O. The number of aliphatic carboxylic acids is 1. The van der Waals surface area contributed by atoms with Crippen LogP contribution in [0.2, 0.25) is 0 Å². The normalized spacial score (nSPS) is 22.4. The van der Waals surface area contributed by atoms with Crippen LogP contribution in [0, 0.1) is 0 Å². The number of rotatable bonds is 6. The highest BCUT2D eigenvalue weighted by molar-refractivity contribution is 5.86. The van der Waals surface area contributed by atoms with E-state index in [-0.39, 0.29) is 25.2 Å². The zero-order chi connectivity index (χ0) is 16.0. The number of urea groups is 1. The molecular formula is C15H28N2O4. The van der Waals surface area contributed by atoms with Gasteiger partial charge in [-0.05, 0) is 39.0 Å². The first kappa shape index (κ1) is 17.8. The van der Waals surface area contributed by atoms with E-state index < -0.39 is 11.5 Å². The van der Waals surface area contributed by atoms with Gasteiger partial charge in [-0.3, -0.25) is 0 Å². The van der Waals surface area contributed by atoms with Gasteiger partial charge in [0, 0.05) is 19.1 Å². The number of aliphatic hydroxyl groups excluding tert-OH is 1. The van der Waals surface area contributed by atoms with Crippen LogP contribution in [-0.2, 0) is 4.79 Å². The van der Waals surface area contributed by atoms with Gasteiger partial charge in [0.1, 0.15) is 5.54 Å². The number of likely N-dealkylation sites (tertiary alicyclic amines) is 1. The molecule has 6 nitrogen and oxygen atoms in total. The van der Waals surface area contributed by atoms with Crippen molar-refractivity contribution < 1.29 is 19.8 Å². The molecule has 1 aliphatic rings. The minimum atomic E-state index is -1.14. The number of carbonyl (C=O) groups excluding carboxylic acids is 1. The smallest absolute Gasteiger partial charge is 0.329 e. The van der Waals surface area contributed by atoms with Crippen LogP contribution in [0.15, 0.2) is 0 Å². The number of carbonyl (C=O) groups is 2. The average Bonchev–Trinajstić information content (AvgIpc) is 2.47. The molecule has 0 spiro atoms. The number of carboxylic acids is 1. The molecule has 122 valence electrons. The predicted molar refractivity (Wildman–Crippen MR) is 80.2 cm³/mol. The maximum Gasteiger partial charge on any atom is 0.329 e. The molecule has 6 heteroatoms. The molecule has 1 rings (SSSR count). The quantitative estimate of drug-likeness (QED) is 0.785. The van der Waals surface area contributed by atoms with Crippen LogP contribution < -0.4 is 0 Å². The molecule has 0 saturated carbocycles. The number of hydrogen-bond acceptors (Lipinski definition) is 3. The van der Waals surface area contributed by atoms with Crippen molar-refractivity contribution in [3.8, 4) is 0 Å². The molecule has 1 aliphatic heterocycles. The second-order valence-corrected chi connectivity index (χ2v) is 5.86. The fraction of sp³-hybridized carbons (Fsp3) is 0.867. The molecule has 0 bridgehead atoms. The Labute approximate surface area is 126 Å². The summed E-state index contributed by atoms with van der Waals surface area (Å²) in [5.41, 5.74) is -1.14. The van der Waals surface area contributed by atoms with Crippen LogP contribution in [-0.4, -0.2) is 63.3 Å². The van der Waals surface area contributed by atoms with Gasteiger partial charge in [-0.1, -0.05) is 13.8 Å². The highest BCUT2D eigenvalue weighted by atomic mass is 16.4. The summed E-state index contributed by atoms with van der Waals surface area (Å²) in [6.07, 6.45) is 3.70. The van der Waals surface area contributed by atoms with Gasteiger partial charge in [-0.15, -0.1) is 0 Å². The van der Waals surface area contributed by atoms with E-state index in [0.29, 0.717) is 13.0 Å². The van der Waals surface area contributed by atoms with E-state index in [0.717, 1.165) is 25.7 Å². The summed E-state index contributed by atoms with van der Waals surface area (Å²) in [6, 6.07) is -0.230. The molecule has 1 unspecified atom stereocenters.